The van der Waals surface area contributed by atoms with Crippen LogP contribution in [0.4, 0.5) is 4.79 Å². The van der Waals surface area contributed by atoms with E-state index in [2.05, 4.69) is 10.5 Å². The van der Waals surface area contributed by atoms with Crippen LogP contribution >= 0.6 is 0 Å². The Hall–Kier alpha value is -3.02. The van der Waals surface area contributed by atoms with Crippen LogP contribution in [0.5, 0.6) is 5.75 Å². The standard InChI is InChI=1S/C19H19N3O3/c20-19(23)22-21-11-12-9-10-16(24-13-5-1-2-6-13)18-17(12)14-7-3-4-8-15(14)25-18/h3-4,7-11,13H,1-2,5-6H2,(H3,20,22,23)/b21-11-. The first-order valence-electron chi connectivity index (χ1n) is 8.42. The molecule has 1 fully saturated rings. The summed E-state index contributed by atoms with van der Waals surface area (Å²) in [5.41, 5.74) is 9.59. The molecule has 3 N–H and O–H groups in total. The van der Waals surface area contributed by atoms with Gasteiger partial charge in [0.25, 0.3) is 0 Å². The number of hydrazone groups is 1. The molecule has 3 aromatic rings. The van der Waals surface area contributed by atoms with Crippen LogP contribution in [0.25, 0.3) is 21.9 Å². The zero-order chi connectivity index (χ0) is 17.2. The lowest BCUT2D eigenvalue weighted by molar-refractivity contribution is 0.210. The molecule has 2 aromatic carbocycles. The van der Waals surface area contributed by atoms with Crippen molar-refractivity contribution in [1.29, 1.82) is 0 Å². The van der Waals surface area contributed by atoms with Gasteiger partial charge in [0.1, 0.15) is 5.58 Å². The third-order valence-electron chi connectivity index (χ3n) is 4.50. The van der Waals surface area contributed by atoms with Crippen LogP contribution in [0.15, 0.2) is 45.9 Å². The van der Waals surface area contributed by atoms with Crippen LogP contribution < -0.4 is 15.9 Å². The van der Waals surface area contributed by atoms with Crippen LogP contribution in [0.1, 0.15) is 31.2 Å². The van der Waals surface area contributed by atoms with Gasteiger partial charge in [-0.3, -0.25) is 0 Å². The maximum Gasteiger partial charge on any atom is 0.332 e. The van der Waals surface area contributed by atoms with Crippen LogP contribution in [0, 0.1) is 0 Å². The molecule has 1 aromatic heterocycles. The lowest BCUT2D eigenvalue weighted by Gasteiger charge is -2.13. The smallest absolute Gasteiger partial charge is 0.332 e. The third kappa shape index (κ3) is 3.03. The van der Waals surface area contributed by atoms with Crippen molar-refractivity contribution in [3.05, 3.63) is 42.0 Å². The lowest BCUT2D eigenvalue weighted by atomic mass is 10.1. The van der Waals surface area contributed by atoms with E-state index >= 15 is 0 Å². The molecule has 1 aliphatic rings. The quantitative estimate of drug-likeness (QED) is 0.558. The topological polar surface area (TPSA) is 89.9 Å². The minimum Gasteiger partial charge on any atom is -0.486 e. The van der Waals surface area contributed by atoms with Crippen molar-refractivity contribution in [3.63, 3.8) is 0 Å². The number of benzene rings is 2. The molecule has 25 heavy (non-hydrogen) atoms. The maximum atomic E-state index is 10.8. The number of primary amides is 1. The molecule has 6 nitrogen and oxygen atoms in total. The molecule has 2 amide bonds. The van der Waals surface area contributed by atoms with Gasteiger partial charge in [-0.15, -0.1) is 0 Å². The molecule has 0 radical (unpaired) electrons. The van der Waals surface area contributed by atoms with Crippen molar-refractivity contribution in [2.45, 2.75) is 31.8 Å². The Labute approximate surface area is 144 Å². The molecule has 0 saturated heterocycles. The van der Waals surface area contributed by atoms with E-state index in [1.165, 1.54) is 12.8 Å². The molecule has 0 aliphatic heterocycles. The van der Waals surface area contributed by atoms with Crippen LogP contribution in [-0.4, -0.2) is 18.3 Å². The Kier molecular flexibility index (Phi) is 4.01. The Morgan fingerprint density at radius 2 is 2.04 bits per heavy atom. The lowest BCUT2D eigenvalue weighted by Crippen LogP contribution is -2.24. The number of hydrogen-bond donors (Lipinski definition) is 2. The van der Waals surface area contributed by atoms with E-state index in [1.54, 1.807) is 6.21 Å². The normalized spacial score (nSPS) is 15.4. The minimum absolute atomic E-state index is 0.243. The van der Waals surface area contributed by atoms with Gasteiger partial charge in [0.05, 0.1) is 12.3 Å². The van der Waals surface area contributed by atoms with Crippen LogP contribution in [-0.2, 0) is 0 Å². The van der Waals surface area contributed by atoms with E-state index in [9.17, 15) is 4.79 Å². The molecule has 0 unspecified atom stereocenters. The Balaban J connectivity index is 1.83. The fourth-order valence-electron chi connectivity index (χ4n) is 3.38. The van der Waals surface area contributed by atoms with Gasteiger partial charge in [0.15, 0.2) is 11.3 Å². The Morgan fingerprint density at radius 1 is 1.24 bits per heavy atom. The molecule has 0 spiro atoms. The van der Waals surface area contributed by atoms with E-state index in [1.807, 2.05) is 36.4 Å². The second-order valence-corrected chi connectivity index (χ2v) is 6.21. The molecule has 4 rings (SSSR count). The summed E-state index contributed by atoms with van der Waals surface area (Å²) in [4.78, 5) is 10.8. The first-order valence-corrected chi connectivity index (χ1v) is 8.42. The molecular formula is C19H19N3O3. The summed E-state index contributed by atoms with van der Waals surface area (Å²) in [6.45, 7) is 0. The van der Waals surface area contributed by atoms with Gasteiger partial charge in [0, 0.05) is 16.3 Å². The fraction of sp³-hybridized carbons (Fsp3) is 0.263. The number of fused-ring (bicyclic) bond motifs is 3. The first kappa shape index (κ1) is 15.5. The number of hydrogen-bond acceptors (Lipinski definition) is 4. The third-order valence-corrected chi connectivity index (χ3v) is 4.50. The monoisotopic (exact) mass is 337 g/mol. The molecule has 6 heteroatoms. The summed E-state index contributed by atoms with van der Waals surface area (Å²) in [5.74, 6) is 0.748. The van der Waals surface area contributed by atoms with Crippen molar-refractivity contribution in [3.8, 4) is 5.75 Å². The van der Waals surface area contributed by atoms with Gasteiger partial charge in [-0.05, 0) is 43.9 Å². The average Bonchev–Trinajstić information content (AvgIpc) is 3.24. The van der Waals surface area contributed by atoms with E-state index < -0.39 is 6.03 Å². The Bertz CT molecular complexity index is 955. The van der Waals surface area contributed by atoms with Gasteiger partial charge in [-0.25, -0.2) is 10.2 Å². The number of carbonyl (C=O) groups is 1. The van der Waals surface area contributed by atoms with Crippen molar-refractivity contribution in [2.75, 3.05) is 0 Å². The average molecular weight is 337 g/mol. The van der Waals surface area contributed by atoms with Crippen molar-refractivity contribution >= 4 is 34.2 Å². The summed E-state index contributed by atoms with van der Waals surface area (Å²) in [5, 5.41) is 5.78. The van der Waals surface area contributed by atoms with Gasteiger partial charge in [-0.2, -0.15) is 5.10 Å². The summed E-state index contributed by atoms with van der Waals surface area (Å²) in [6.07, 6.45) is 6.37. The summed E-state index contributed by atoms with van der Waals surface area (Å²) in [6, 6.07) is 10.9. The highest BCUT2D eigenvalue weighted by molar-refractivity contribution is 6.14. The number of urea groups is 1. The highest BCUT2D eigenvalue weighted by Crippen LogP contribution is 2.38. The summed E-state index contributed by atoms with van der Waals surface area (Å²) in [7, 11) is 0. The molecule has 0 atom stereocenters. The first-order chi connectivity index (χ1) is 12.2. The largest absolute Gasteiger partial charge is 0.486 e. The summed E-state index contributed by atoms with van der Waals surface area (Å²) >= 11 is 0. The molecule has 1 aliphatic carbocycles. The number of carbonyl (C=O) groups excluding carboxylic acids is 1. The number of nitrogens with zero attached hydrogens (tertiary/aromatic N) is 1. The number of rotatable bonds is 4. The molecular weight excluding hydrogens is 318 g/mol. The molecule has 1 heterocycles. The molecule has 1 saturated carbocycles. The number of para-hydroxylation sites is 1. The van der Waals surface area contributed by atoms with Crippen molar-refractivity contribution in [1.82, 2.24) is 5.43 Å². The maximum absolute atomic E-state index is 10.8. The van der Waals surface area contributed by atoms with Gasteiger partial charge in [0.2, 0.25) is 0 Å². The van der Waals surface area contributed by atoms with Crippen LogP contribution in [0.2, 0.25) is 0 Å². The van der Waals surface area contributed by atoms with E-state index in [-0.39, 0.29) is 6.10 Å². The second-order valence-electron chi connectivity index (χ2n) is 6.21. The van der Waals surface area contributed by atoms with Gasteiger partial charge >= 0.3 is 6.03 Å². The predicted molar refractivity (Wildman–Crippen MR) is 96.9 cm³/mol. The number of amides is 2. The van der Waals surface area contributed by atoms with Gasteiger partial charge in [-0.1, -0.05) is 18.2 Å². The predicted octanol–water partition coefficient (Wildman–Crippen LogP) is 3.91. The minimum atomic E-state index is -0.703. The zero-order valence-electron chi connectivity index (χ0n) is 13.7. The van der Waals surface area contributed by atoms with E-state index in [0.717, 1.165) is 40.5 Å². The highest BCUT2D eigenvalue weighted by Gasteiger charge is 2.20. The molecule has 0 bridgehead atoms. The van der Waals surface area contributed by atoms with E-state index in [4.69, 9.17) is 14.9 Å². The number of ether oxygens (including phenoxy) is 1. The number of nitrogens with one attached hydrogen (secondary N) is 1. The second kappa shape index (κ2) is 6.47. The van der Waals surface area contributed by atoms with Crippen molar-refractivity contribution < 1.29 is 13.9 Å². The number of furan rings is 1. The Morgan fingerprint density at radius 3 is 2.84 bits per heavy atom. The molecule has 128 valence electrons. The fourth-order valence-corrected chi connectivity index (χ4v) is 3.38. The zero-order valence-corrected chi connectivity index (χ0v) is 13.7. The van der Waals surface area contributed by atoms with Crippen LogP contribution in [0.3, 0.4) is 0 Å². The van der Waals surface area contributed by atoms with Crippen molar-refractivity contribution in [2.24, 2.45) is 10.8 Å². The summed E-state index contributed by atoms with van der Waals surface area (Å²) < 4.78 is 12.3. The van der Waals surface area contributed by atoms with E-state index in [0.29, 0.717) is 5.58 Å². The van der Waals surface area contributed by atoms with Gasteiger partial charge < -0.3 is 14.9 Å². The number of nitrogens with two attached hydrogens (primary N) is 1. The SMILES string of the molecule is NC(=O)N/N=C\c1ccc(OC2CCCC2)c2oc3ccccc3c12. The highest BCUT2D eigenvalue weighted by atomic mass is 16.5.